The lowest BCUT2D eigenvalue weighted by molar-refractivity contribution is -0.121. The molecule has 1 N–H and O–H groups in total. The van der Waals surface area contributed by atoms with Crippen LogP contribution in [-0.2, 0) is 27.9 Å². The van der Waals surface area contributed by atoms with E-state index in [2.05, 4.69) is 27.3 Å². The van der Waals surface area contributed by atoms with Crippen LogP contribution in [0.1, 0.15) is 59.8 Å². The minimum absolute atomic E-state index is 0.122. The number of hydrogen-bond donors (Lipinski definition) is 1. The Kier molecular flexibility index (Phi) is 8.29. The van der Waals surface area contributed by atoms with Crippen LogP contribution in [0.15, 0.2) is 51.8 Å². The Morgan fingerprint density at radius 2 is 1.50 bits per heavy atom. The molecule has 0 bridgehead atoms. The maximum Gasteiger partial charge on any atom is 0.248 e. The van der Waals surface area contributed by atoms with E-state index in [1.54, 1.807) is 12.1 Å². The summed E-state index contributed by atoms with van der Waals surface area (Å²) in [5, 5.41) is 2.85. The molecule has 0 aliphatic heterocycles. The van der Waals surface area contributed by atoms with Gasteiger partial charge in [-0.25, -0.2) is 26.0 Å². The van der Waals surface area contributed by atoms with Crippen molar-refractivity contribution in [1.29, 1.82) is 0 Å². The summed E-state index contributed by atoms with van der Waals surface area (Å²) in [4.78, 5) is 11.6. The van der Waals surface area contributed by atoms with Crippen molar-refractivity contribution in [2.24, 2.45) is 0 Å². The molecule has 1 amide bonds. The van der Waals surface area contributed by atoms with Crippen LogP contribution in [0.3, 0.4) is 0 Å². The molecule has 0 heterocycles. The number of rotatable bonds is 10. The largest absolute Gasteiger partial charge is 0.351 e. The first-order valence-electron chi connectivity index (χ1n) is 12.6. The van der Waals surface area contributed by atoms with Gasteiger partial charge < -0.3 is 5.32 Å². The van der Waals surface area contributed by atoms with Gasteiger partial charge in [-0.15, -0.1) is 0 Å². The average Bonchev–Trinajstić information content (AvgIpc) is 3.83. The highest BCUT2D eigenvalue weighted by atomic mass is 79.9. The number of benzene rings is 3. The van der Waals surface area contributed by atoms with Crippen molar-refractivity contribution < 1.29 is 30.8 Å². The van der Waals surface area contributed by atoms with Crippen molar-refractivity contribution >= 4 is 43.5 Å². The van der Waals surface area contributed by atoms with Crippen LogP contribution >= 0.6 is 27.5 Å². The van der Waals surface area contributed by atoms with Crippen molar-refractivity contribution in [2.45, 2.75) is 55.5 Å². The minimum Gasteiger partial charge on any atom is -0.351 e. The molecule has 0 spiro atoms. The maximum absolute atomic E-state index is 14.8. The van der Waals surface area contributed by atoms with Crippen LogP contribution < -0.4 is 5.32 Å². The summed E-state index contributed by atoms with van der Waals surface area (Å²) in [5.74, 6) is -8.20. The van der Waals surface area contributed by atoms with E-state index < -0.39 is 61.7 Å². The smallest absolute Gasteiger partial charge is 0.248 e. The molecule has 5 nitrogen and oxygen atoms in total. The first-order chi connectivity index (χ1) is 19.0. The zero-order chi connectivity index (χ0) is 28.8. The summed E-state index contributed by atoms with van der Waals surface area (Å²) in [6.45, 7) is -1.22. The van der Waals surface area contributed by atoms with E-state index in [0.717, 1.165) is 31.2 Å². The monoisotopic (exact) mass is 658 g/mol. The first kappa shape index (κ1) is 29.0. The van der Waals surface area contributed by atoms with Gasteiger partial charge in [0.15, 0.2) is 23.3 Å². The van der Waals surface area contributed by atoms with Gasteiger partial charge in [0, 0.05) is 18.1 Å². The average molecular weight is 660 g/mol. The zero-order valence-corrected chi connectivity index (χ0v) is 24.2. The lowest BCUT2D eigenvalue weighted by atomic mass is 10.00. The highest BCUT2D eigenvalue weighted by Crippen LogP contribution is 2.45. The van der Waals surface area contributed by atoms with Crippen LogP contribution in [0.2, 0.25) is 5.02 Å². The van der Waals surface area contributed by atoms with Gasteiger partial charge in [-0.05, 0) is 81.8 Å². The van der Waals surface area contributed by atoms with Gasteiger partial charge in [0.25, 0.3) is 0 Å². The predicted octanol–water partition coefficient (Wildman–Crippen LogP) is 6.92. The van der Waals surface area contributed by atoms with Gasteiger partial charge in [-0.1, -0.05) is 48.0 Å². The van der Waals surface area contributed by atoms with E-state index >= 15 is 0 Å². The van der Waals surface area contributed by atoms with Crippen LogP contribution in [-0.4, -0.2) is 25.2 Å². The molecule has 212 valence electrons. The number of carbonyl (C=O) groups is 1. The van der Waals surface area contributed by atoms with Gasteiger partial charge in [0.05, 0.1) is 11.0 Å². The lowest BCUT2D eigenvalue weighted by Gasteiger charge is -2.23. The summed E-state index contributed by atoms with van der Waals surface area (Å²) in [5.41, 5.74) is 3.57. The number of nitrogens with one attached hydrogen (secondary N) is 1. The number of halogens is 6. The van der Waals surface area contributed by atoms with Crippen LogP contribution in [0.25, 0.3) is 0 Å². The summed E-state index contributed by atoms with van der Waals surface area (Å²) in [7, 11) is -5.09. The van der Waals surface area contributed by atoms with E-state index in [0.29, 0.717) is 16.1 Å². The SMILES string of the molecule is O=C(CN(Cc1ccccc1Cl)S(=O)(=O)c1c(F)c(F)c(F)c(F)c1Br)NCc1cc(C2CC2)cc(C2CC2)c1. The van der Waals surface area contributed by atoms with Gasteiger partial charge in [-0.3, -0.25) is 4.79 Å². The fourth-order valence-corrected chi connectivity index (χ4v) is 7.20. The number of hydrogen-bond acceptors (Lipinski definition) is 3. The summed E-state index contributed by atoms with van der Waals surface area (Å²) in [6, 6.07) is 12.4. The zero-order valence-electron chi connectivity index (χ0n) is 21.0. The van der Waals surface area contributed by atoms with Gasteiger partial charge >= 0.3 is 0 Å². The molecule has 3 aromatic rings. The molecule has 2 fully saturated rings. The molecular weight excluding hydrogens is 636 g/mol. The van der Waals surface area contributed by atoms with Crippen molar-refractivity contribution in [2.75, 3.05) is 6.54 Å². The standard InChI is InChI=1S/C28H24BrClF4N2O3S/c29-23-24(31)25(32)26(33)27(34)28(23)40(38,39)36(13-18-3-1-2-4-21(18)30)14-22(37)35-12-15-9-19(16-5-6-16)11-20(10-15)17-7-8-17/h1-4,9-11,16-17H,5-8,12-14H2,(H,35,37). The second-order valence-corrected chi connectivity index (χ2v) is 13.2. The molecule has 3 aromatic carbocycles. The highest BCUT2D eigenvalue weighted by Gasteiger charge is 2.37. The van der Waals surface area contributed by atoms with Gasteiger partial charge in [-0.2, -0.15) is 4.31 Å². The summed E-state index contributed by atoms with van der Waals surface area (Å²) in [6.07, 6.45) is 4.47. The van der Waals surface area contributed by atoms with Crippen molar-refractivity contribution in [3.63, 3.8) is 0 Å². The molecule has 12 heteroatoms. The predicted molar refractivity (Wildman–Crippen MR) is 145 cm³/mol. The Morgan fingerprint density at radius 1 is 0.925 bits per heavy atom. The lowest BCUT2D eigenvalue weighted by Crippen LogP contribution is -2.40. The van der Waals surface area contributed by atoms with Crippen LogP contribution in [0.5, 0.6) is 0 Å². The van der Waals surface area contributed by atoms with Gasteiger partial charge in [0.2, 0.25) is 15.9 Å². The van der Waals surface area contributed by atoms with E-state index in [4.69, 9.17) is 11.6 Å². The molecule has 2 aliphatic rings. The number of nitrogens with zero attached hydrogens (tertiary/aromatic N) is 1. The van der Waals surface area contributed by atoms with E-state index in [-0.39, 0.29) is 17.1 Å². The highest BCUT2D eigenvalue weighted by molar-refractivity contribution is 9.10. The Labute approximate surface area is 242 Å². The van der Waals surface area contributed by atoms with E-state index in [9.17, 15) is 30.8 Å². The van der Waals surface area contributed by atoms with E-state index in [1.807, 2.05) is 12.1 Å². The molecule has 2 saturated carbocycles. The summed E-state index contributed by atoms with van der Waals surface area (Å²) < 4.78 is 83.4. The van der Waals surface area contributed by atoms with Gasteiger partial charge in [0.1, 0.15) is 4.90 Å². The molecule has 0 saturated heterocycles. The molecule has 0 radical (unpaired) electrons. The Hall–Kier alpha value is -2.47. The Bertz CT molecular complexity index is 1540. The quantitative estimate of drug-likeness (QED) is 0.146. The molecule has 2 aliphatic carbocycles. The topological polar surface area (TPSA) is 66.5 Å². The molecule has 0 atom stereocenters. The number of sulfonamides is 1. The van der Waals surface area contributed by atoms with Crippen LogP contribution in [0, 0.1) is 23.3 Å². The van der Waals surface area contributed by atoms with Crippen LogP contribution in [0.4, 0.5) is 17.6 Å². The van der Waals surface area contributed by atoms with E-state index in [1.165, 1.54) is 23.3 Å². The third kappa shape index (κ3) is 6.07. The second kappa shape index (κ2) is 11.4. The molecule has 40 heavy (non-hydrogen) atoms. The number of amides is 1. The third-order valence-electron chi connectivity index (χ3n) is 7.02. The maximum atomic E-state index is 14.8. The van der Waals surface area contributed by atoms with Crippen molar-refractivity contribution in [1.82, 2.24) is 9.62 Å². The van der Waals surface area contributed by atoms with Crippen molar-refractivity contribution in [3.8, 4) is 0 Å². The fraction of sp³-hybridized carbons (Fsp3) is 0.321. The molecule has 0 unspecified atom stereocenters. The molecule has 0 aromatic heterocycles. The first-order valence-corrected chi connectivity index (χ1v) is 15.2. The molecule has 5 rings (SSSR count). The Balaban J connectivity index is 1.42. The number of carbonyl (C=O) groups excluding carboxylic acids is 1. The normalized spacial score (nSPS) is 15.5. The fourth-order valence-electron chi connectivity index (χ4n) is 4.55. The molecular formula is C28H24BrClF4N2O3S. The summed E-state index contributed by atoms with van der Waals surface area (Å²) >= 11 is 8.73. The second-order valence-electron chi connectivity index (χ2n) is 10.1. The third-order valence-corrected chi connectivity index (χ3v) is 10.2. The Morgan fingerprint density at radius 3 is 2.08 bits per heavy atom. The minimum atomic E-state index is -5.09. The van der Waals surface area contributed by atoms with Crippen molar-refractivity contribution in [3.05, 3.63) is 97.5 Å².